The van der Waals surface area contributed by atoms with Crippen LogP contribution in [0.3, 0.4) is 0 Å². The average Bonchev–Trinajstić information content (AvgIpc) is 2.34. The van der Waals surface area contributed by atoms with Crippen LogP contribution in [0, 0.1) is 0 Å². The molecule has 5 heteroatoms. The maximum atomic E-state index is 9.46. The van der Waals surface area contributed by atoms with E-state index in [0.29, 0.717) is 39.6 Å². The highest BCUT2D eigenvalue weighted by Gasteiger charge is 2.10. The van der Waals surface area contributed by atoms with Crippen molar-refractivity contribution in [1.82, 2.24) is 5.32 Å². The molecule has 0 unspecified atom stereocenters. The maximum Gasteiger partial charge on any atom is 0.0715 e. The standard InChI is InChI=1S/C14H31NO4/c1-4-5-7-17-9-11-19-12-10-18-8-6-15-13-14(2,3)16/h15-16H,4-13H2,1-3H3. The number of aliphatic hydroxyl groups is 1. The Morgan fingerprint density at radius 3 is 1.95 bits per heavy atom. The van der Waals surface area contributed by atoms with Gasteiger partial charge in [0.25, 0.3) is 0 Å². The van der Waals surface area contributed by atoms with Crippen LogP contribution >= 0.6 is 0 Å². The van der Waals surface area contributed by atoms with Gasteiger partial charge >= 0.3 is 0 Å². The summed E-state index contributed by atoms with van der Waals surface area (Å²) in [6, 6.07) is 0. The normalized spacial score (nSPS) is 12.0. The number of hydrogen-bond acceptors (Lipinski definition) is 5. The highest BCUT2D eigenvalue weighted by Crippen LogP contribution is 1.96. The van der Waals surface area contributed by atoms with Gasteiger partial charge < -0.3 is 24.6 Å². The third kappa shape index (κ3) is 17.8. The predicted octanol–water partition coefficient (Wildman–Crippen LogP) is 1.20. The molecule has 0 radical (unpaired) electrons. The topological polar surface area (TPSA) is 60.0 Å². The van der Waals surface area contributed by atoms with Gasteiger partial charge in [-0.2, -0.15) is 0 Å². The zero-order valence-corrected chi connectivity index (χ0v) is 12.7. The van der Waals surface area contributed by atoms with Gasteiger partial charge in [0.05, 0.1) is 38.6 Å². The smallest absolute Gasteiger partial charge is 0.0715 e. The van der Waals surface area contributed by atoms with Gasteiger partial charge in [-0.3, -0.25) is 0 Å². The quantitative estimate of drug-likeness (QED) is 0.467. The third-order valence-corrected chi connectivity index (χ3v) is 2.37. The molecule has 5 nitrogen and oxygen atoms in total. The fourth-order valence-electron chi connectivity index (χ4n) is 1.33. The molecule has 0 atom stereocenters. The zero-order valence-electron chi connectivity index (χ0n) is 12.7. The molecular formula is C14H31NO4. The summed E-state index contributed by atoms with van der Waals surface area (Å²) in [6.45, 7) is 10.9. The SMILES string of the molecule is CCCCOCCOCCOCCNCC(C)(C)O. The number of rotatable bonds is 14. The number of nitrogens with one attached hydrogen (secondary N) is 1. The van der Waals surface area contributed by atoms with Crippen LogP contribution in [0.5, 0.6) is 0 Å². The molecule has 0 fully saturated rings. The van der Waals surface area contributed by atoms with Crippen LogP contribution < -0.4 is 5.32 Å². The Labute approximate surface area is 117 Å². The van der Waals surface area contributed by atoms with E-state index < -0.39 is 5.60 Å². The molecule has 0 aromatic rings. The Kier molecular flexibility index (Phi) is 12.7. The van der Waals surface area contributed by atoms with E-state index in [2.05, 4.69) is 12.2 Å². The highest BCUT2D eigenvalue weighted by molar-refractivity contribution is 4.67. The predicted molar refractivity (Wildman–Crippen MR) is 76.5 cm³/mol. The van der Waals surface area contributed by atoms with E-state index in [1.54, 1.807) is 13.8 Å². The van der Waals surface area contributed by atoms with Crippen molar-refractivity contribution in [1.29, 1.82) is 0 Å². The van der Waals surface area contributed by atoms with Gasteiger partial charge in [-0.15, -0.1) is 0 Å². The van der Waals surface area contributed by atoms with Crippen LogP contribution in [0.15, 0.2) is 0 Å². The van der Waals surface area contributed by atoms with Gasteiger partial charge in [-0.25, -0.2) is 0 Å². The van der Waals surface area contributed by atoms with Gasteiger partial charge in [-0.1, -0.05) is 13.3 Å². The van der Waals surface area contributed by atoms with Crippen LogP contribution in [0.4, 0.5) is 0 Å². The minimum Gasteiger partial charge on any atom is -0.389 e. The molecule has 19 heavy (non-hydrogen) atoms. The molecule has 0 amide bonds. The minimum atomic E-state index is -0.666. The molecule has 0 rings (SSSR count). The third-order valence-electron chi connectivity index (χ3n) is 2.37. The van der Waals surface area contributed by atoms with Crippen molar-refractivity contribution >= 4 is 0 Å². The van der Waals surface area contributed by atoms with E-state index >= 15 is 0 Å². The molecule has 0 spiro atoms. The molecule has 0 aliphatic heterocycles. The summed E-state index contributed by atoms with van der Waals surface area (Å²) >= 11 is 0. The molecule has 0 bridgehead atoms. The largest absolute Gasteiger partial charge is 0.389 e. The van der Waals surface area contributed by atoms with Crippen LogP contribution in [0.1, 0.15) is 33.6 Å². The highest BCUT2D eigenvalue weighted by atomic mass is 16.5. The first-order valence-corrected chi connectivity index (χ1v) is 7.22. The molecule has 0 saturated heterocycles. The maximum absolute atomic E-state index is 9.46. The van der Waals surface area contributed by atoms with Gasteiger partial charge in [0.1, 0.15) is 0 Å². The Hall–Kier alpha value is -0.200. The molecule has 0 aromatic carbocycles. The van der Waals surface area contributed by atoms with Crippen molar-refractivity contribution in [3.8, 4) is 0 Å². The van der Waals surface area contributed by atoms with Crippen molar-refractivity contribution < 1.29 is 19.3 Å². The van der Waals surface area contributed by atoms with E-state index in [4.69, 9.17) is 14.2 Å². The second kappa shape index (κ2) is 12.8. The number of unbranched alkanes of at least 4 members (excludes halogenated alkanes) is 1. The summed E-state index contributed by atoms with van der Waals surface area (Å²) in [5.41, 5.74) is -0.666. The monoisotopic (exact) mass is 277 g/mol. The summed E-state index contributed by atoms with van der Waals surface area (Å²) in [5.74, 6) is 0. The zero-order chi connectivity index (χ0) is 14.4. The lowest BCUT2D eigenvalue weighted by molar-refractivity contribution is 0.0136. The van der Waals surface area contributed by atoms with Gasteiger partial charge in [0.15, 0.2) is 0 Å². The van der Waals surface area contributed by atoms with E-state index in [1.807, 2.05) is 0 Å². The fourth-order valence-corrected chi connectivity index (χ4v) is 1.33. The molecule has 0 aromatic heterocycles. The van der Waals surface area contributed by atoms with Gasteiger partial charge in [-0.05, 0) is 20.3 Å². The molecule has 0 aliphatic rings. The minimum absolute atomic E-state index is 0.571. The van der Waals surface area contributed by atoms with Crippen molar-refractivity contribution in [2.24, 2.45) is 0 Å². The first-order chi connectivity index (χ1) is 9.06. The van der Waals surface area contributed by atoms with Crippen LogP contribution in [0.25, 0.3) is 0 Å². The summed E-state index contributed by atoms with van der Waals surface area (Å²) in [5, 5.41) is 12.6. The molecule has 2 N–H and O–H groups in total. The van der Waals surface area contributed by atoms with E-state index in [9.17, 15) is 5.11 Å². The van der Waals surface area contributed by atoms with Crippen LogP contribution in [-0.2, 0) is 14.2 Å². The summed E-state index contributed by atoms with van der Waals surface area (Å²) in [4.78, 5) is 0. The Morgan fingerprint density at radius 1 is 0.895 bits per heavy atom. The molecule has 116 valence electrons. The second-order valence-electron chi connectivity index (χ2n) is 5.18. The van der Waals surface area contributed by atoms with Crippen molar-refractivity contribution in [2.45, 2.75) is 39.2 Å². The fraction of sp³-hybridized carbons (Fsp3) is 1.00. The lowest BCUT2D eigenvalue weighted by atomic mass is 10.1. The summed E-state index contributed by atoms with van der Waals surface area (Å²) in [6.07, 6.45) is 2.27. The Balaban J connectivity index is 2.99. The molecule has 0 heterocycles. The first kappa shape index (κ1) is 18.8. The van der Waals surface area contributed by atoms with Crippen LogP contribution in [-0.4, -0.2) is 63.4 Å². The van der Waals surface area contributed by atoms with Crippen molar-refractivity contribution in [3.05, 3.63) is 0 Å². The lowest BCUT2D eigenvalue weighted by Gasteiger charge is -2.17. The summed E-state index contributed by atoms with van der Waals surface area (Å²) < 4.78 is 16.1. The molecule has 0 saturated carbocycles. The summed E-state index contributed by atoms with van der Waals surface area (Å²) in [7, 11) is 0. The second-order valence-corrected chi connectivity index (χ2v) is 5.18. The molecular weight excluding hydrogens is 246 g/mol. The van der Waals surface area contributed by atoms with Crippen molar-refractivity contribution in [3.63, 3.8) is 0 Å². The van der Waals surface area contributed by atoms with E-state index in [0.717, 1.165) is 26.0 Å². The van der Waals surface area contributed by atoms with E-state index in [1.165, 1.54) is 0 Å². The van der Waals surface area contributed by atoms with Gasteiger partial charge in [0, 0.05) is 19.7 Å². The number of ether oxygens (including phenoxy) is 3. The first-order valence-electron chi connectivity index (χ1n) is 7.22. The Morgan fingerprint density at radius 2 is 1.42 bits per heavy atom. The van der Waals surface area contributed by atoms with Crippen LogP contribution in [0.2, 0.25) is 0 Å². The van der Waals surface area contributed by atoms with E-state index in [-0.39, 0.29) is 0 Å². The van der Waals surface area contributed by atoms with Crippen molar-refractivity contribution in [2.75, 3.05) is 52.7 Å². The number of hydrogen-bond donors (Lipinski definition) is 2. The van der Waals surface area contributed by atoms with Gasteiger partial charge in [0.2, 0.25) is 0 Å². The Bertz CT molecular complexity index is 183. The lowest BCUT2D eigenvalue weighted by Crippen LogP contribution is -2.36. The average molecular weight is 277 g/mol. The molecule has 0 aliphatic carbocycles.